The number of thiazole rings is 1. The fourth-order valence-corrected chi connectivity index (χ4v) is 2.26. The van der Waals surface area contributed by atoms with Crippen LogP contribution in [0.4, 0.5) is 11.4 Å². The van der Waals surface area contributed by atoms with Gasteiger partial charge in [-0.1, -0.05) is 0 Å². The molecule has 0 aliphatic carbocycles. The van der Waals surface area contributed by atoms with Crippen LogP contribution in [0.15, 0.2) is 27.8 Å². The van der Waals surface area contributed by atoms with Crippen LogP contribution in [0.25, 0.3) is 0 Å². The van der Waals surface area contributed by atoms with Gasteiger partial charge in [-0.05, 0) is 15.9 Å². The molecule has 0 aliphatic heterocycles. The number of hydrogen-bond donors (Lipinski definition) is 1. The zero-order valence-corrected chi connectivity index (χ0v) is 10.9. The van der Waals surface area contributed by atoms with Gasteiger partial charge in [-0.3, -0.25) is 15.1 Å². The Kier molecular flexibility index (Phi) is 3.64. The molecule has 88 valence electrons. The lowest BCUT2D eigenvalue weighted by Gasteiger charge is -2.06. The van der Waals surface area contributed by atoms with Crippen molar-refractivity contribution in [2.75, 3.05) is 5.32 Å². The first-order chi connectivity index (χ1) is 8.18. The highest BCUT2D eigenvalue weighted by molar-refractivity contribution is 9.10. The summed E-state index contributed by atoms with van der Waals surface area (Å²) in [7, 11) is 0. The van der Waals surface area contributed by atoms with Crippen LogP contribution >= 0.6 is 27.3 Å². The number of pyridine rings is 1. The maximum Gasteiger partial charge on any atom is 0.311 e. The van der Waals surface area contributed by atoms with Crippen LogP contribution in [0.2, 0.25) is 0 Å². The Hall–Kier alpha value is -1.54. The first-order valence-electron chi connectivity index (χ1n) is 4.57. The van der Waals surface area contributed by atoms with Crippen LogP contribution in [0.5, 0.6) is 0 Å². The molecule has 17 heavy (non-hydrogen) atoms. The predicted octanol–water partition coefficient (Wildman–Crippen LogP) is 2.82. The number of nitro groups is 1. The van der Waals surface area contributed by atoms with Crippen molar-refractivity contribution in [3.63, 3.8) is 0 Å². The number of hydrogen-bond acceptors (Lipinski definition) is 6. The van der Waals surface area contributed by atoms with Crippen molar-refractivity contribution in [3.8, 4) is 0 Å². The van der Waals surface area contributed by atoms with E-state index in [2.05, 4.69) is 31.2 Å². The molecule has 0 aliphatic rings. The first-order valence-corrected chi connectivity index (χ1v) is 6.31. The van der Waals surface area contributed by atoms with E-state index in [0.717, 1.165) is 5.69 Å². The van der Waals surface area contributed by atoms with E-state index in [1.54, 1.807) is 5.51 Å². The highest BCUT2D eigenvalue weighted by atomic mass is 79.9. The van der Waals surface area contributed by atoms with Crippen LogP contribution in [0.3, 0.4) is 0 Å². The third kappa shape index (κ3) is 2.77. The van der Waals surface area contributed by atoms with Gasteiger partial charge in [-0.2, -0.15) is 0 Å². The maximum atomic E-state index is 10.8. The summed E-state index contributed by atoms with van der Waals surface area (Å²) in [4.78, 5) is 18.2. The highest BCUT2D eigenvalue weighted by Crippen LogP contribution is 2.31. The van der Waals surface area contributed by atoms with Crippen molar-refractivity contribution in [2.45, 2.75) is 6.54 Å². The number of anilines is 1. The Bertz CT molecular complexity index is 532. The topological polar surface area (TPSA) is 81.0 Å². The minimum atomic E-state index is -0.471. The summed E-state index contributed by atoms with van der Waals surface area (Å²) in [5.74, 6) is 0. The smallest absolute Gasteiger partial charge is 0.311 e. The Morgan fingerprint density at radius 2 is 2.35 bits per heavy atom. The molecule has 2 heterocycles. The largest absolute Gasteiger partial charge is 0.373 e. The molecule has 0 bridgehead atoms. The Balaban J connectivity index is 2.22. The van der Waals surface area contributed by atoms with Gasteiger partial charge in [-0.15, -0.1) is 11.3 Å². The van der Waals surface area contributed by atoms with Crippen molar-refractivity contribution < 1.29 is 4.92 Å². The molecule has 6 nitrogen and oxygen atoms in total. The minimum absolute atomic E-state index is 0.0606. The van der Waals surface area contributed by atoms with E-state index < -0.39 is 4.92 Å². The fourth-order valence-electron chi connectivity index (χ4n) is 1.24. The average Bonchev–Trinajstić information content (AvgIpc) is 2.80. The van der Waals surface area contributed by atoms with E-state index in [-0.39, 0.29) is 5.69 Å². The molecule has 0 amide bonds. The zero-order valence-electron chi connectivity index (χ0n) is 8.46. The summed E-state index contributed by atoms with van der Waals surface area (Å²) in [5.41, 5.74) is 2.91. The highest BCUT2D eigenvalue weighted by Gasteiger charge is 2.16. The van der Waals surface area contributed by atoms with Crippen molar-refractivity contribution in [1.82, 2.24) is 9.97 Å². The van der Waals surface area contributed by atoms with Crippen LogP contribution < -0.4 is 5.32 Å². The van der Waals surface area contributed by atoms with Gasteiger partial charge in [0.25, 0.3) is 0 Å². The third-order valence-electron chi connectivity index (χ3n) is 2.01. The summed E-state index contributed by atoms with van der Waals surface area (Å²) in [5, 5.41) is 15.7. The van der Waals surface area contributed by atoms with Gasteiger partial charge < -0.3 is 5.32 Å². The summed E-state index contributed by atoms with van der Waals surface area (Å²) >= 11 is 4.71. The molecule has 2 aromatic heterocycles. The summed E-state index contributed by atoms with van der Waals surface area (Å²) in [6.45, 7) is 0.437. The molecule has 0 unspecified atom stereocenters. The van der Waals surface area contributed by atoms with Gasteiger partial charge in [0.15, 0.2) is 0 Å². The van der Waals surface area contributed by atoms with Gasteiger partial charge in [0.05, 0.1) is 27.1 Å². The molecule has 0 atom stereocenters. The molecule has 2 rings (SSSR count). The quantitative estimate of drug-likeness (QED) is 0.693. The van der Waals surface area contributed by atoms with E-state index in [0.29, 0.717) is 16.7 Å². The van der Waals surface area contributed by atoms with E-state index in [9.17, 15) is 10.1 Å². The number of nitrogens with one attached hydrogen (secondary N) is 1. The molecule has 0 aromatic carbocycles. The van der Waals surface area contributed by atoms with Crippen molar-refractivity contribution in [3.05, 3.63) is 43.6 Å². The lowest BCUT2D eigenvalue weighted by molar-refractivity contribution is -0.384. The van der Waals surface area contributed by atoms with E-state index in [4.69, 9.17) is 0 Å². The number of nitrogens with zero attached hydrogens (tertiary/aromatic N) is 3. The number of halogens is 1. The molecule has 0 fully saturated rings. The monoisotopic (exact) mass is 314 g/mol. The average molecular weight is 315 g/mol. The Morgan fingerprint density at radius 1 is 1.53 bits per heavy atom. The van der Waals surface area contributed by atoms with Gasteiger partial charge in [0.2, 0.25) is 0 Å². The summed E-state index contributed by atoms with van der Waals surface area (Å²) < 4.78 is 0.557. The van der Waals surface area contributed by atoms with Gasteiger partial charge >= 0.3 is 5.69 Å². The predicted molar refractivity (Wildman–Crippen MR) is 68.0 cm³/mol. The van der Waals surface area contributed by atoms with Crippen molar-refractivity contribution in [1.29, 1.82) is 0 Å². The fraction of sp³-hybridized carbons (Fsp3) is 0.111. The van der Waals surface area contributed by atoms with Crippen molar-refractivity contribution >= 4 is 38.6 Å². The second-order valence-corrected chi connectivity index (χ2v) is 4.68. The normalized spacial score (nSPS) is 10.2. The van der Waals surface area contributed by atoms with Crippen molar-refractivity contribution in [2.24, 2.45) is 0 Å². The lowest BCUT2D eigenvalue weighted by Crippen LogP contribution is -2.04. The second-order valence-electron chi connectivity index (χ2n) is 3.11. The molecule has 0 saturated heterocycles. The summed E-state index contributed by atoms with van der Waals surface area (Å²) in [6, 6.07) is 0. The Labute approximate surface area is 109 Å². The molecular weight excluding hydrogens is 308 g/mol. The molecule has 0 radical (unpaired) electrons. The van der Waals surface area contributed by atoms with Gasteiger partial charge in [0, 0.05) is 11.6 Å². The van der Waals surface area contributed by atoms with E-state index in [1.165, 1.54) is 23.7 Å². The maximum absolute atomic E-state index is 10.8. The number of aromatic nitrogens is 2. The van der Waals surface area contributed by atoms with Crippen LogP contribution in [-0.2, 0) is 6.54 Å². The minimum Gasteiger partial charge on any atom is -0.373 e. The second kappa shape index (κ2) is 5.19. The zero-order chi connectivity index (χ0) is 12.3. The van der Waals surface area contributed by atoms with Gasteiger partial charge in [0.1, 0.15) is 11.9 Å². The molecule has 2 aromatic rings. The standard InChI is InChI=1S/C9H7BrN4O2S/c10-7-2-11-3-8(14(15)16)9(7)12-1-6-4-17-5-13-6/h2-5H,1H2,(H,11,12). The molecule has 8 heteroatoms. The summed E-state index contributed by atoms with van der Waals surface area (Å²) in [6.07, 6.45) is 2.73. The van der Waals surface area contributed by atoms with Gasteiger partial charge in [-0.25, -0.2) is 4.98 Å². The lowest BCUT2D eigenvalue weighted by atomic mass is 10.3. The molecular formula is C9H7BrN4O2S. The first kappa shape index (κ1) is 11.9. The molecule has 0 spiro atoms. The van der Waals surface area contributed by atoms with E-state index >= 15 is 0 Å². The van der Waals surface area contributed by atoms with Crippen LogP contribution in [0, 0.1) is 10.1 Å². The third-order valence-corrected chi connectivity index (χ3v) is 3.24. The molecule has 1 N–H and O–H groups in total. The SMILES string of the molecule is O=[N+]([O-])c1cncc(Br)c1NCc1cscn1. The number of rotatable bonds is 4. The van der Waals surface area contributed by atoms with Crippen LogP contribution in [0.1, 0.15) is 5.69 Å². The van der Waals surface area contributed by atoms with Crippen LogP contribution in [-0.4, -0.2) is 14.9 Å². The van der Waals surface area contributed by atoms with E-state index in [1.807, 2.05) is 5.38 Å². The Morgan fingerprint density at radius 3 is 3.00 bits per heavy atom. The molecule has 0 saturated carbocycles.